The van der Waals surface area contributed by atoms with Crippen LogP contribution in [0.25, 0.3) is 0 Å². The fourth-order valence-corrected chi connectivity index (χ4v) is 3.44. The predicted octanol–water partition coefficient (Wildman–Crippen LogP) is 4.57. The van der Waals surface area contributed by atoms with Gasteiger partial charge in [-0.1, -0.05) is 13.8 Å². The van der Waals surface area contributed by atoms with Crippen molar-refractivity contribution in [2.24, 2.45) is 5.92 Å². The molecule has 1 N–H and O–H groups in total. The maximum atomic E-state index is 12.5. The molecule has 0 bridgehead atoms. The lowest BCUT2D eigenvalue weighted by atomic mass is 10.2. The van der Waals surface area contributed by atoms with Crippen molar-refractivity contribution in [1.82, 2.24) is 0 Å². The second-order valence-corrected chi connectivity index (χ2v) is 7.80. The third kappa shape index (κ3) is 5.47. The average molecular weight is 433 g/mol. The Balaban J connectivity index is 1.62. The first-order chi connectivity index (χ1) is 13.0. The molecule has 1 aliphatic rings. The molecule has 1 amide bonds. The van der Waals surface area contributed by atoms with E-state index in [4.69, 9.17) is 9.47 Å². The van der Waals surface area contributed by atoms with Crippen molar-refractivity contribution in [2.45, 2.75) is 13.8 Å². The average Bonchev–Trinajstić information content (AvgIpc) is 2.67. The summed E-state index contributed by atoms with van der Waals surface area (Å²) in [5, 5.41) is 2.95. The second kappa shape index (κ2) is 9.24. The normalized spacial score (nSPS) is 14.3. The molecule has 144 valence electrons. The van der Waals surface area contributed by atoms with Crippen LogP contribution < -0.4 is 15.0 Å². The molecule has 3 rings (SSSR count). The van der Waals surface area contributed by atoms with E-state index in [-0.39, 0.29) is 5.91 Å². The molecule has 1 heterocycles. The van der Waals surface area contributed by atoms with Crippen LogP contribution in [-0.2, 0) is 4.74 Å². The molecule has 0 unspecified atom stereocenters. The van der Waals surface area contributed by atoms with E-state index in [9.17, 15) is 4.79 Å². The molecular formula is C21H25BrN2O3. The molecule has 0 aliphatic carbocycles. The van der Waals surface area contributed by atoms with Crippen molar-refractivity contribution in [3.63, 3.8) is 0 Å². The maximum Gasteiger partial charge on any atom is 0.255 e. The van der Waals surface area contributed by atoms with Gasteiger partial charge in [0.2, 0.25) is 0 Å². The van der Waals surface area contributed by atoms with Gasteiger partial charge in [-0.05, 0) is 64.3 Å². The molecule has 5 nitrogen and oxygen atoms in total. The highest BCUT2D eigenvalue weighted by Gasteiger charge is 2.15. The molecule has 0 spiro atoms. The molecule has 27 heavy (non-hydrogen) atoms. The van der Waals surface area contributed by atoms with Crippen molar-refractivity contribution in [1.29, 1.82) is 0 Å². The number of hydrogen-bond donors (Lipinski definition) is 1. The molecule has 2 aromatic rings. The first kappa shape index (κ1) is 19.7. The lowest BCUT2D eigenvalue weighted by Gasteiger charge is -2.29. The third-order valence-electron chi connectivity index (χ3n) is 4.26. The molecule has 0 radical (unpaired) electrons. The zero-order valence-corrected chi connectivity index (χ0v) is 17.3. The Labute approximate surface area is 168 Å². The lowest BCUT2D eigenvalue weighted by Crippen LogP contribution is -2.36. The van der Waals surface area contributed by atoms with E-state index in [0.29, 0.717) is 18.1 Å². The molecule has 1 saturated heterocycles. The van der Waals surface area contributed by atoms with Gasteiger partial charge in [0.25, 0.3) is 5.91 Å². The Morgan fingerprint density at radius 1 is 1.19 bits per heavy atom. The lowest BCUT2D eigenvalue weighted by molar-refractivity contribution is 0.102. The van der Waals surface area contributed by atoms with Gasteiger partial charge in [0, 0.05) is 28.8 Å². The van der Waals surface area contributed by atoms with Crippen LogP contribution >= 0.6 is 15.9 Å². The fourth-order valence-electron chi connectivity index (χ4n) is 2.81. The molecule has 2 aromatic carbocycles. The summed E-state index contributed by atoms with van der Waals surface area (Å²) in [6, 6.07) is 13.1. The topological polar surface area (TPSA) is 50.8 Å². The Kier molecular flexibility index (Phi) is 6.74. The van der Waals surface area contributed by atoms with Gasteiger partial charge in [0.15, 0.2) is 0 Å². The summed E-state index contributed by atoms with van der Waals surface area (Å²) in [7, 11) is 0. The molecule has 0 atom stereocenters. The van der Waals surface area contributed by atoms with E-state index in [1.54, 1.807) is 12.1 Å². The SMILES string of the molecule is CC(C)COc1ccc(C(=O)Nc2ccc(N3CCOCC3)c(Br)c2)cc1. The summed E-state index contributed by atoms with van der Waals surface area (Å²) < 4.78 is 12.0. The summed E-state index contributed by atoms with van der Waals surface area (Å²) in [6.45, 7) is 8.08. The summed E-state index contributed by atoms with van der Waals surface area (Å²) in [4.78, 5) is 14.8. The van der Waals surface area contributed by atoms with E-state index >= 15 is 0 Å². The van der Waals surface area contributed by atoms with Crippen LogP contribution in [0.3, 0.4) is 0 Å². The number of nitrogens with zero attached hydrogens (tertiary/aromatic N) is 1. The van der Waals surface area contributed by atoms with Crippen LogP contribution in [0, 0.1) is 5.92 Å². The highest BCUT2D eigenvalue weighted by molar-refractivity contribution is 9.10. The molecule has 1 aliphatic heterocycles. The number of morpholine rings is 1. The van der Waals surface area contributed by atoms with E-state index in [1.165, 1.54) is 0 Å². The summed E-state index contributed by atoms with van der Waals surface area (Å²) in [5.74, 6) is 1.10. The zero-order valence-electron chi connectivity index (χ0n) is 15.7. The van der Waals surface area contributed by atoms with Crippen LogP contribution in [0.2, 0.25) is 0 Å². The Bertz CT molecular complexity index is 771. The minimum absolute atomic E-state index is 0.142. The van der Waals surface area contributed by atoms with Gasteiger partial charge in [-0.15, -0.1) is 0 Å². The number of amides is 1. The van der Waals surface area contributed by atoms with Crippen molar-refractivity contribution >= 4 is 33.2 Å². The minimum Gasteiger partial charge on any atom is -0.493 e. The standard InChI is InChI=1S/C21H25BrN2O3/c1-15(2)14-27-18-6-3-16(4-7-18)21(25)23-17-5-8-20(19(22)13-17)24-9-11-26-12-10-24/h3-8,13,15H,9-12,14H2,1-2H3,(H,23,25). The first-order valence-electron chi connectivity index (χ1n) is 9.19. The maximum absolute atomic E-state index is 12.5. The summed E-state index contributed by atoms with van der Waals surface area (Å²) >= 11 is 3.62. The van der Waals surface area contributed by atoms with Crippen molar-refractivity contribution < 1.29 is 14.3 Å². The first-order valence-corrected chi connectivity index (χ1v) is 9.98. The zero-order chi connectivity index (χ0) is 19.2. The van der Waals surface area contributed by atoms with Crippen LogP contribution in [0.5, 0.6) is 5.75 Å². The van der Waals surface area contributed by atoms with Gasteiger partial charge >= 0.3 is 0 Å². The number of halogens is 1. The third-order valence-corrected chi connectivity index (χ3v) is 4.89. The number of carbonyl (C=O) groups is 1. The van der Waals surface area contributed by atoms with Crippen LogP contribution in [-0.4, -0.2) is 38.8 Å². The van der Waals surface area contributed by atoms with E-state index < -0.39 is 0 Å². The van der Waals surface area contributed by atoms with E-state index in [2.05, 4.69) is 40.0 Å². The van der Waals surface area contributed by atoms with Crippen molar-refractivity contribution in [2.75, 3.05) is 43.1 Å². The molecule has 6 heteroatoms. The highest BCUT2D eigenvalue weighted by atomic mass is 79.9. The number of rotatable bonds is 6. The minimum atomic E-state index is -0.142. The van der Waals surface area contributed by atoms with Crippen molar-refractivity contribution in [3.05, 3.63) is 52.5 Å². The number of benzene rings is 2. The quantitative estimate of drug-likeness (QED) is 0.725. The largest absolute Gasteiger partial charge is 0.493 e. The van der Waals surface area contributed by atoms with E-state index in [1.807, 2.05) is 30.3 Å². The number of nitrogens with one attached hydrogen (secondary N) is 1. The van der Waals surface area contributed by atoms with Crippen LogP contribution in [0.4, 0.5) is 11.4 Å². The van der Waals surface area contributed by atoms with Gasteiger partial charge in [0.05, 0.1) is 25.5 Å². The summed E-state index contributed by atoms with van der Waals surface area (Å²) in [5.41, 5.74) is 2.47. The number of hydrogen-bond acceptors (Lipinski definition) is 4. The second-order valence-electron chi connectivity index (χ2n) is 6.95. The monoisotopic (exact) mass is 432 g/mol. The van der Waals surface area contributed by atoms with E-state index in [0.717, 1.165) is 47.9 Å². The summed E-state index contributed by atoms with van der Waals surface area (Å²) in [6.07, 6.45) is 0. The van der Waals surface area contributed by atoms with Gasteiger partial charge in [0.1, 0.15) is 5.75 Å². The highest BCUT2D eigenvalue weighted by Crippen LogP contribution is 2.30. The Morgan fingerprint density at radius 2 is 1.89 bits per heavy atom. The number of anilines is 2. The number of carbonyl (C=O) groups excluding carboxylic acids is 1. The van der Waals surface area contributed by atoms with Crippen LogP contribution in [0.15, 0.2) is 46.9 Å². The Morgan fingerprint density at radius 3 is 2.52 bits per heavy atom. The Hall–Kier alpha value is -2.05. The van der Waals surface area contributed by atoms with Crippen LogP contribution in [0.1, 0.15) is 24.2 Å². The van der Waals surface area contributed by atoms with Gasteiger partial charge < -0.3 is 19.7 Å². The molecular weight excluding hydrogens is 408 g/mol. The molecule has 0 aromatic heterocycles. The fraction of sp³-hybridized carbons (Fsp3) is 0.381. The van der Waals surface area contributed by atoms with Gasteiger partial charge in [-0.25, -0.2) is 0 Å². The smallest absolute Gasteiger partial charge is 0.255 e. The van der Waals surface area contributed by atoms with Gasteiger partial charge in [-0.2, -0.15) is 0 Å². The van der Waals surface area contributed by atoms with Crippen molar-refractivity contribution in [3.8, 4) is 5.75 Å². The number of ether oxygens (including phenoxy) is 2. The van der Waals surface area contributed by atoms with Gasteiger partial charge in [-0.3, -0.25) is 4.79 Å². The molecule has 0 saturated carbocycles. The molecule has 1 fully saturated rings. The predicted molar refractivity (Wildman–Crippen MR) is 112 cm³/mol.